The third-order valence-electron chi connectivity index (χ3n) is 5.95. The standard InChI is InChI=1S/C23H30N2O3/c1-26-20-15-19(16-21(17-20)27-2)25-12-10-24(11-13-25)9-7-18-8-14-28-23-6-4-3-5-22(18)23/h3-6,15-18H,7-14H2,1-2H3. The van der Waals surface area contributed by atoms with Crippen LogP contribution < -0.4 is 19.1 Å². The maximum atomic E-state index is 5.81. The van der Waals surface area contributed by atoms with E-state index in [2.05, 4.69) is 46.2 Å². The first-order valence-corrected chi connectivity index (χ1v) is 10.2. The van der Waals surface area contributed by atoms with Gasteiger partial charge in [0, 0.05) is 50.1 Å². The van der Waals surface area contributed by atoms with Crippen molar-refractivity contribution in [3.63, 3.8) is 0 Å². The first kappa shape index (κ1) is 18.9. The molecule has 0 aliphatic carbocycles. The number of para-hydroxylation sites is 1. The molecule has 5 nitrogen and oxygen atoms in total. The fourth-order valence-electron chi connectivity index (χ4n) is 4.26. The van der Waals surface area contributed by atoms with Crippen molar-refractivity contribution < 1.29 is 14.2 Å². The molecule has 0 saturated carbocycles. The summed E-state index contributed by atoms with van der Waals surface area (Å²) in [5, 5.41) is 0. The Morgan fingerprint density at radius 2 is 1.68 bits per heavy atom. The van der Waals surface area contributed by atoms with Crippen molar-refractivity contribution in [1.29, 1.82) is 0 Å². The number of methoxy groups -OCH3 is 2. The Morgan fingerprint density at radius 1 is 0.964 bits per heavy atom. The lowest BCUT2D eigenvalue weighted by Crippen LogP contribution is -2.46. The number of anilines is 1. The van der Waals surface area contributed by atoms with Crippen LogP contribution in [0.4, 0.5) is 5.69 Å². The minimum absolute atomic E-state index is 0.616. The van der Waals surface area contributed by atoms with Crippen molar-refractivity contribution in [2.45, 2.75) is 18.8 Å². The Bertz CT molecular complexity index is 765. The molecule has 2 aromatic rings. The summed E-state index contributed by atoms with van der Waals surface area (Å²) in [6, 6.07) is 14.6. The van der Waals surface area contributed by atoms with Crippen LogP contribution in [0.1, 0.15) is 24.3 Å². The summed E-state index contributed by atoms with van der Waals surface area (Å²) in [6.45, 7) is 6.22. The zero-order valence-corrected chi connectivity index (χ0v) is 16.9. The first-order valence-electron chi connectivity index (χ1n) is 10.2. The quantitative estimate of drug-likeness (QED) is 0.760. The van der Waals surface area contributed by atoms with Crippen molar-refractivity contribution in [2.75, 3.05) is 58.5 Å². The average molecular weight is 383 g/mol. The Kier molecular flexibility index (Phi) is 5.91. The highest BCUT2D eigenvalue weighted by molar-refractivity contribution is 5.56. The van der Waals surface area contributed by atoms with Crippen LogP contribution >= 0.6 is 0 Å². The molecule has 2 aromatic carbocycles. The van der Waals surface area contributed by atoms with Crippen LogP contribution in [0.2, 0.25) is 0 Å². The van der Waals surface area contributed by atoms with Gasteiger partial charge in [-0.05, 0) is 36.9 Å². The maximum Gasteiger partial charge on any atom is 0.124 e. The topological polar surface area (TPSA) is 34.2 Å². The molecule has 150 valence electrons. The summed E-state index contributed by atoms with van der Waals surface area (Å²) >= 11 is 0. The fourth-order valence-corrected chi connectivity index (χ4v) is 4.26. The van der Waals surface area contributed by atoms with E-state index in [-0.39, 0.29) is 0 Å². The van der Waals surface area contributed by atoms with Gasteiger partial charge in [-0.15, -0.1) is 0 Å². The summed E-state index contributed by atoms with van der Waals surface area (Å²) in [7, 11) is 3.40. The van der Waals surface area contributed by atoms with Gasteiger partial charge in [-0.25, -0.2) is 0 Å². The normalized spacial score (nSPS) is 19.6. The Labute approximate surface area is 167 Å². The Balaban J connectivity index is 1.32. The van der Waals surface area contributed by atoms with Crippen LogP contribution in [0.15, 0.2) is 42.5 Å². The average Bonchev–Trinajstić information content (AvgIpc) is 2.77. The molecule has 0 bridgehead atoms. The van der Waals surface area contributed by atoms with Crippen LogP contribution in [0.3, 0.4) is 0 Å². The van der Waals surface area contributed by atoms with Gasteiger partial charge in [0.05, 0.1) is 20.8 Å². The van der Waals surface area contributed by atoms with Gasteiger partial charge in [-0.1, -0.05) is 18.2 Å². The maximum absolute atomic E-state index is 5.81. The van der Waals surface area contributed by atoms with Gasteiger partial charge in [0.15, 0.2) is 0 Å². The molecule has 1 saturated heterocycles. The second-order valence-electron chi connectivity index (χ2n) is 7.56. The molecule has 4 rings (SSSR count). The zero-order chi connectivity index (χ0) is 19.3. The highest BCUT2D eigenvalue weighted by Crippen LogP contribution is 2.35. The summed E-state index contributed by atoms with van der Waals surface area (Å²) in [5.74, 6) is 3.38. The first-order chi connectivity index (χ1) is 13.8. The Hall–Kier alpha value is -2.40. The minimum atomic E-state index is 0.616. The van der Waals surface area contributed by atoms with Crippen LogP contribution in [0.25, 0.3) is 0 Å². The molecule has 1 atom stereocenters. The van der Waals surface area contributed by atoms with Crippen molar-refractivity contribution in [3.05, 3.63) is 48.0 Å². The van der Waals surface area contributed by atoms with Crippen LogP contribution in [0.5, 0.6) is 17.2 Å². The van der Waals surface area contributed by atoms with E-state index in [0.717, 1.165) is 63.0 Å². The van der Waals surface area contributed by atoms with Crippen LogP contribution in [0, 0.1) is 0 Å². The fraction of sp³-hybridized carbons (Fsp3) is 0.478. The number of nitrogens with zero attached hydrogens (tertiary/aromatic N) is 2. The molecular weight excluding hydrogens is 352 g/mol. The molecule has 28 heavy (non-hydrogen) atoms. The molecule has 2 heterocycles. The molecule has 0 N–H and O–H groups in total. The van der Waals surface area contributed by atoms with Gasteiger partial charge in [0.2, 0.25) is 0 Å². The monoisotopic (exact) mass is 382 g/mol. The van der Waals surface area contributed by atoms with Gasteiger partial charge in [0.25, 0.3) is 0 Å². The molecule has 1 unspecified atom stereocenters. The van der Waals surface area contributed by atoms with E-state index in [1.807, 2.05) is 6.07 Å². The molecule has 0 radical (unpaired) electrons. The van der Waals surface area contributed by atoms with Crippen molar-refractivity contribution >= 4 is 5.69 Å². The van der Waals surface area contributed by atoms with Gasteiger partial charge in [-0.2, -0.15) is 0 Å². The molecule has 0 spiro atoms. The lowest BCUT2D eigenvalue weighted by atomic mass is 9.90. The second kappa shape index (κ2) is 8.74. The predicted octanol–water partition coefficient (Wildman–Crippen LogP) is 3.78. The smallest absolute Gasteiger partial charge is 0.124 e. The summed E-state index contributed by atoms with van der Waals surface area (Å²) in [5.41, 5.74) is 2.56. The highest BCUT2D eigenvalue weighted by Gasteiger charge is 2.23. The number of benzene rings is 2. The number of ether oxygens (including phenoxy) is 3. The van der Waals surface area contributed by atoms with E-state index in [1.54, 1.807) is 14.2 Å². The molecule has 2 aliphatic rings. The highest BCUT2D eigenvalue weighted by atomic mass is 16.5. The van der Waals surface area contributed by atoms with E-state index in [1.165, 1.54) is 17.7 Å². The van der Waals surface area contributed by atoms with Crippen LogP contribution in [-0.2, 0) is 0 Å². The molecule has 5 heteroatoms. The van der Waals surface area contributed by atoms with E-state index in [0.29, 0.717) is 5.92 Å². The third-order valence-corrected chi connectivity index (χ3v) is 5.95. The minimum Gasteiger partial charge on any atom is -0.497 e. The summed E-state index contributed by atoms with van der Waals surface area (Å²) in [4.78, 5) is 5.01. The van der Waals surface area contributed by atoms with Crippen molar-refractivity contribution in [2.24, 2.45) is 0 Å². The van der Waals surface area contributed by atoms with Gasteiger partial charge in [-0.3, -0.25) is 4.90 Å². The molecule has 0 amide bonds. The van der Waals surface area contributed by atoms with Gasteiger partial charge >= 0.3 is 0 Å². The molecule has 0 aromatic heterocycles. The van der Waals surface area contributed by atoms with E-state index >= 15 is 0 Å². The molecular formula is C23H30N2O3. The molecule has 1 fully saturated rings. The van der Waals surface area contributed by atoms with E-state index < -0.39 is 0 Å². The van der Waals surface area contributed by atoms with E-state index in [9.17, 15) is 0 Å². The summed E-state index contributed by atoms with van der Waals surface area (Å²) < 4.78 is 16.6. The lowest BCUT2D eigenvalue weighted by Gasteiger charge is -2.37. The Morgan fingerprint density at radius 3 is 2.39 bits per heavy atom. The number of hydrogen-bond acceptors (Lipinski definition) is 5. The lowest BCUT2D eigenvalue weighted by molar-refractivity contribution is 0.223. The number of fused-ring (bicyclic) bond motifs is 1. The van der Waals surface area contributed by atoms with E-state index in [4.69, 9.17) is 14.2 Å². The zero-order valence-electron chi connectivity index (χ0n) is 16.9. The largest absolute Gasteiger partial charge is 0.497 e. The number of piperazine rings is 1. The van der Waals surface area contributed by atoms with Crippen molar-refractivity contribution in [1.82, 2.24) is 4.90 Å². The van der Waals surface area contributed by atoms with Gasteiger partial charge in [0.1, 0.15) is 17.2 Å². The number of rotatable bonds is 6. The van der Waals surface area contributed by atoms with Gasteiger partial charge < -0.3 is 19.1 Å². The SMILES string of the molecule is COc1cc(OC)cc(N2CCN(CCC3CCOc4ccccc43)CC2)c1. The number of hydrogen-bond donors (Lipinski definition) is 0. The molecule has 2 aliphatic heterocycles. The summed E-state index contributed by atoms with van der Waals surface area (Å²) in [6.07, 6.45) is 2.33. The predicted molar refractivity (Wildman–Crippen MR) is 112 cm³/mol. The third kappa shape index (κ3) is 4.20. The van der Waals surface area contributed by atoms with Crippen LogP contribution in [-0.4, -0.2) is 58.5 Å². The second-order valence-corrected chi connectivity index (χ2v) is 7.56. The van der Waals surface area contributed by atoms with Crippen molar-refractivity contribution in [3.8, 4) is 17.2 Å².